The Hall–Kier alpha value is -3.90. The van der Waals surface area contributed by atoms with Crippen molar-refractivity contribution in [3.05, 3.63) is 114 Å². The van der Waals surface area contributed by atoms with Gasteiger partial charge in [-0.1, -0.05) is 78.4 Å². The lowest BCUT2D eigenvalue weighted by Crippen LogP contribution is -2.18. The van der Waals surface area contributed by atoms with Crippen LogP contribution in [0.25, 0.3) is 21.7 Å². The second-order valence-corrected chi connectivity index (χ2v) is 9.74. The fourth-order valence-electron chi connectivity index (χ4n) is 4.07. The van der Waals surface area contributed by atoms with Crippen LogP contribution in [0.1, 0.15) is 16.7 Å². The minimum atomic E-state index is -3.78. The molecule has 6 heteroatoms. The maximum absolute atomic E-state index is 12.8. The number of hydrogen-bond donors (Lipinski definition) is 1. The molecule has 0 fully saturated rings. The number of aromatic nitrogens is 1. The number of fused-ring (bicyclic) bond motifs is 2. The summed E-state index contributed by atoms with van der Waals surface area (Å²) in [7, 11) is -3.78. The Bertz CT molecular complexity index is 1600. The van der Waals surface area contributed by atoms with E-state index in [2.05, 4.69) is 51.8 Å². The second-order valence-electron chi connectivity index (χ2n) is 8.08. The van der Waals surface area contributed by atoms with Crippen molar-refractivity contribution in [3.63, 3.8) is 0 Å². The summed E-state index contributed by atoms with van der Waals surface area (Å²) in [5, 5.41) is 6.94. The molecule has 0 saturated heterocycles. The molecule has 0 amide bonds. The average molecular weight is 454 g/mol. The highest BCUT2D eigenvalue weighted by Gasteiger charge is 2.13. The van der Waals surface area contributed by atoms with E-state index in [4.69, 9.17) is 0 Å². The lowest BCUT2D eigenvalue weighted by molar-refractivity contribution is 0.585. The van der Waals surface area contributed by atoms with Crippen molar-refractivity contribution in [2.24, 2.45) is 5.10 Å². The van der Waals surface area contributed by atoms with Gasteiger partial charge in [-0.2, -0.15) is 13.5 Å². The molecule has 0 atom stereocenters. The van der Waals surface area contributed by atoms with Crippen LogP contribution in [0.4, 0.5) is 0 Å². The van der Waals surface area contributed by atoms with Crippen LogP contribution in [-0.2, 0) is 16.6 Å². The third kappa shape index (κ3) is 4.38. The predicted octanol–water partition coefficient (Wildman–Crippen LogP) is 5.46. The fourth-order valence-corrected chi connectivity index (χ4v) is 4.89. The quantitative estimate of drug-likeness (QED) is 0.274. The molecule has 0 aliphatic carbocycles. The number of nitrogens with zero attached hydrogens (tertiary/aromatic N) is 2. The minimum absolute atomic E-state index is 0.181. The van der Waals surface area contributed by atoms with Gasteiger partial charge in [-0.15, -0.1) is 0 Å². The third-order valence-corrected chi connectivity index (χ3v) is 6.88. The molecule has 1 N–H and O–H groups in total. The maximum Gasteiger partial charge on any atom is 0.276 e. The van der Waals surface area contributed by atoms with Gasteiger partial charge in [-0.05, 0) is 41.5 Å². The molecular weight excluding hydrogens is 430 g/mol. The lowest BCUT2D eigenvalue weighted by atomic mass is 10.1. The van der Waals surface area contributed by atoms with Gasteiger partial charge >= 0.3 is 0 Å². The van der Waals surface area contributed by atoms with E-state index >= 15 is 0 Å². The van der Waals surface area contributed by atoms with E-state index in [9.17, 15) is 8.42 Å². The number of para-hydroxylation sites is 1. The third-order valence-electron chi connectivity index (χ3n) is 5.66. The molecule has 0 aliphatic heterocycles. The van der Waals surface area contributed by atoms with Gasteiger partial charge in [-0.3, -0.25) is 0 Å². The van der Waals surface area contributed by atoms with E-state index in [1.807, 2.05) is 48.7 Å². The van der Waals surface area contributed by atoms with Gasteiger partial charge in [0, 0.05) is 29.2 Å². The number of sulfonamides is 1. The van der Waals surface area contributed by atoms with Crippen LogP contribution < -0.4 is 4.83 Å². The Kier molecular flexibility index (Phi) is 5.44. The number of nitrogens with one attached hydrogen (secondary N) is 1. The van der Waals surface area contributed by atoms with Crippen LogP contribution in [0.15, 0.2) is 107 Å². The van der Waals surface area contributed by atoms with Crippen molar-refractivity contribution < 1.29 is 8.42 Å². The van der Waals surface area contributed by atoms with E-state index in [0.717, 1.165) is 33.8 Å². The molecule has 0 bridgehead atoms. The van der Waals surface area contributed by atoms with Crippen LogP contribution in [0.5, 0.6) is 0 Å². The van der Waals surface area contributed by atoms with Gasteiger partial charge in [-0.25, -0.2) is 4.83 Å². The summed E-state index contributed by atoms with van der Waals surface area (Å²) in [6.45, 7) is 2.80. The molecule has 0 spiro atoms. The van der Waals surface area contributed by atoms with E-state index < -0.39 is 10.0 Å². The minimum Gasteiger partial charge on any atom is -0.342 e. The van der Waals surface area contributed by atoms with Crippen LogP contribution in [0.2, 0.25) is 0 Å². The first-order chi connectivity index (χ1) is 16.0. The predicted molar refractivity (Wildman–Crippen MR) is 134 cm³/mol. The van der Waals surface area contributed by atoms with Gasteiger partial charge in [0.15, 0.2) is 0 Å². The molecular formula is C27H23N3O2S. The zero-order chi connectivity index (χ0) is 22.8. The van der Waals surface area contributed by atoms with Crippen LogP contribution in [0, 0.1) is 6.92 Å². The van der Waals surface area contributed by atoms with Crippen LogP contribution >= 0.6 is 0 Å². The lowest BCUT2D eigenvalue weighted by Gasteiger charge is -2.06. The Morgan fingerprint density at radius 1 is 0.879 bits per heavy atom. The number of rotatable bonds is 6. The summed E-state index contributed by atoms with van der Waals surface area (Å²) in [6.07, 6.45) is 3.56. The molecule has 164 valence electrons. The molecule has 0 unspecified atom stereocenters. The summed E-state index contributed by atoms with van der Waals surface area (Å²) in [4.78, 5) is 2.53. The summed E-state index contributed by atoms with van der Waals surface area (Å²) in [6, 6.07) is 29.1. The highest BCUT2D eigenvalue weighted by molar-refractivity contribution is 7.89. The summed E-state index contributed by atoms with van der Waals surface area (Å²) in [5.41, 5.74) is 4.34. The van der Waals surface area contributed by atoms with Gasteiger partial charge in [0.05, 0.1) is 11.1 Å². The van der Waals surface area contributed by atoms with E-state index in [0.29, 0.717) is 0 Å². The first-order valence-corrected chi connectivity index (χ1v) is 12.1. The molecule has 5 aromatic rings. The van der Waals surface area contributed by atoms with E-state index in [-0.39, 0.29) is 4.90 Å². The fraction of sp³-hybridized carbons (Fsp3) is 0.0741. The highest BCUT2D eigenvalue weighted by atomic mass is 32.2. The second kappa shape index (κ2) is 8.56. The van der Waals surface area contributed by atoms with Gasteiger partial charge in [0.2, 0.25) is 0 Å². The first kappa shape index (κ1) is 21.0. The number of benzene rings is 4. The topological polar surface area (TPSA) is 63.5 Å². The molecule has 0 aliphatic rings. The van der Waals surface area contributed by atoms with Gasteiger partial charge in [0.1, 0.15) is 0 Å². The standard InChI is InChI=1S/C27H23N3O2S/c1-20-7-6-8-21(15-20)18-30-19-24(26-11-4-5-12-27(26)30)17-28-29-33(31,32)25-14-13-22-9-2-3-10-23(22)16-25/h2-17,19,29H,18H2,1H3/b28-17+. The largest absolute Gasteiger partial charge is 0.342 e. The monoisotopic (exact) mass is 453 g/mol. The van der Waals surface area contributed by atoms with Crippen molar-refractivity contribution in [1.29, 1.82) is 0 Å². The van der Waals surface area contributed by atoms with Crippen LogP contribution in [0.3, 0.4) is 0 Å². The average Bonchev–Trinajstić information content (AvgIpc) is 3.16. The molecule has 0 saturated carbocycles. The van der Waals surface area contributed by atoms with Crippen molar-refractivity contribution in [2.45, 2.75) is 18.4 Å². The smallest absolute Gasteiger partial charge is 0.276 e. The molecule has 1 heterocycles. The molecule has 1 aromatic heterocycles. The SMILES string of the molecule is Cc1cccc(Cn2cc(/C=N/NS(=O)(=O)c3ccc4ccccc4c3)c3ccccc32)c1. The molecule has 5 nitrogen and oxygen atoms in total. The Labute approximate surface area is 193 Å². The van der Waals surface area contributed by atoms with Gasteiger partial charge in [0.25, 0.3) is 10.0 Å². The summed E-state index contributed by atoms with van der Waals surface area (Å²) >= 11 is 0. The summed E-state index contributed by atoms with van der Waals surface area (Å²) < 4.78 is 27.7. The highest BCUT2D eigenvalue weighted by Crippen LogP contribution is 2.22. The van der Waals surface area contributed by atoms with Crippen molar-refractivity contribution >= 4 is 37.9 Å². The zero-order valence-corrected chi connectivity index (χ0v) is 19.0. The molecule has 33 heavy (non-hydrogen) atoms. The zero-order valence-electron chi connectivity index (χ0n) is 18.1. The number of aryl methyl sites for hydroxylation is 1. The van der Waals surface area contributed by atoms with Crippen molar-refractivity contribution in [3.8, 4) is 0 Å². The Morgan fingerprint density at radius 2 is 1.67 bits per heavy atom. The normalized spacial score (nSPS) is 12.0. The first-order valence-electron chi connectivity index (χ1n) is 10.7. The molecule has 0 radical (unpaired) electrons. The Morgan fingerprint density at radius 3 is 2.52 bits per heavy atom. The number of hydrazone groups is 1. The number of hydrogen-bond acceptors (Lipinski definition) is 3. The molecule has 5 rings (SSSR count). The maximum atomic E-state index is 12.8. The summed E-state index contributed by atoms with van der Waals surface area (Å²) in [5.74, 6) is 0. The van der Waals surface area contributed by atoms with Crippen molar-refractivity contribution in [2.75, 3.05) is 0 Å². The Balaban J connectivity index is 1.42. The van der Waals surface area contributed by atoms with Crippen molar-refractivity contribution in [1.82, 2.24) is 9.40 Å². The molecule has 4 aromatic carbocycles. The van der Waals surface area contributed by atoms with E-state index in [1.54, 1.807) is 24.4 Å². The van der Waals surface area contributed by atoms with E-state index in [1.165, 1.54) is 11.1 Å². The van der Waals surface area contributed by atoms with Crippen LogP contribution in [-0.4, -0.2) is 19.2 Å². The van der Waals surface area contributed by atoms with Gasteiger partial charge < -0.3 is 4.57 Å².